The minimum absolute atomic E-state index is 0.0937. The maximum atomic E-state index is 12.9. The third kappa shape index (κ3) is 3.62. The van der Waals surface area contributed by atoms with Crippen LogP contribution in [0.5, 0.6) is 5.75 Å². The summed E-state index contributed by atoms with van der Waals surface area (Å²) in [7, 11) is 1.86. The topological polar surface area (TPSA) is 59.4 Å². The first-order valence-electron chi connectivity index (χ1n) is 8.99. The number of hydrogen-bond donors (Lipinski definition) is 1. The van der Waals surface area contributed by atoms with Gasteiger partial charge in [-0.05, 0) is 43.7 Å². The van der Waals surface area contributed by atoms with Gasteiger partial charge in [0.05, 0.1) is 24.2 Å². The molecule has 1 aliphatic heterocycles. The minimum Gasteiger partial charge on any atom is -0.491 e. The summed E-state index contributed by atoms with van der Waals surface area (Å²) in [6.07, 6.45) is 7.93. The molecule has 25 heavy (non-hydrogen) atoms. The Morgan fingerprint density at radius 1 is 1.28 bits per heavy atom. The third-order valence-corrected chi connectivity index (χ3v) is 4.83. The number of rotatable bonds is 6. The van der Waals surface area contributed by atoms with Gasteiger partial charge in [0.15, 0.2) is 0 Å². The molecule has 1 aromatic carbocycles. The molecule has 1 atom stereocenters. The smallest absolute Gasteiger partial charge is 0.249 e. The van der Waals surface area contributed by atoms with Crippen molar-refractivity contribution in [3.05, 3.63) is 36.7 Å². The van der Waals surface area contributed by atoms with Crippen molar-refractivity contribution >= 4 is 17.3 Å². The number of nitrogens with zero attached hydrogens (tertiary/aromatic N) is 3. The molecule has 6 nitrogen and oxygen atoms in total. The largest absolute Gasteiger partial charge is 0.491 e. The summed E-state index contributed by atoms with van der Waals surface area (Å²) >= 11 is 0. The molecule has 1 saturated carbocycles. The van der Waals surface area contributed by atoms with E-state index >= 15 is 0 Å². The van der Waals surface area contributed by atoms with Gasteiger partial charge in [-0.1, -0.05) is 12.1 Å². The Kier molecular flexibility index (Phi) is 4.34. The van der Waals surface area contributed by atoms with Gasteiger partial charge in [-0.3, -0.25) is 9.48 Å². The van der Waals surface area contributed by atoms with Crippen molar-refractivity contribution in [1.29, 1.82) is 0 Å². The second-order valence-corrected chi connectivity index (χ2v) is 6.95. The Bertz CT molecular complexity index is 753. The number of aryl methyl sites for hydroxylation is 1. The molecule has 1 N–H and O–H groups in total. The molecule has 1 aromatic heterocycles. The molecule has 1 amide bonds. The number of nitrogens with one attached hydrogen (secondary N) is 1. The van der Waals surface area contributed by atoms with E-state index in [-0.39, 0.29) is 11.9 Å². The van der Waals surface area contributed by atoms with Crippen LogP contribution in [0.15, 0.2) is 36.7 Å². The van der Waals surface area contributed by atoms with Gasteiger partial charge >= 0.3 is 0 Å². The van der Waals surface area contributed by atoms with Crippen LogP contribution in [0, 0.1) is 5.92 Å². The van der Waals surface area contributed by atoms with E-state index in [2.05, 4.69) is 10.4 Å². The van der Waals surface area contributed by atoms with Crippen LogP contribution in [-0.2, 0) is 11.8 Å². The van der Waals surface area contributed by atoms with Crippen molar-refractivity contribution in [3.8, 4) is 5.75 Å². The molecule has 132 valence electrons. The average Bonchev–Trinajstić information content (AvgIpc) is 3.35. The summed E-state index contributed by atoms with van der Waals surface area (Å²) in [5.41, 5.74) is 1.76. The van der Waals surface area contributed by atoms with Crippen molar-refractivity contribution in [3.63, 3.8) is 0 Å². The van der Waals surface area contributed by atoms with Gasteiger partial charge < -0.3 is 15.0 Å². The molecule has 1 aliphatic carbocycles. The fourth-order valence-electron chi connectivity index (χ4n) is 3.20. The van der Waals surface area contributed by atoms with Crippen LogP contribution in [0.2, 0.25) is 0 Å². The molecule has 1 saturated heterocycles. The lowest BCUT2D eigenvalue weighted by atomic mass is 10.0. The van der Waals surface area contributed by atoms with Gasteiger partial charge in [-0.15, -0.1) is 0 Å². The SMILES string of the molecule is Cn1cc(N2CCCC(Nc3ccccc3OCC3CC3)C2=O)cn1. The Hall–Kier alpha value is -2.50. The Labute approximate surface area is 147 Å². The fourth-order valence-corrected chi connectivity index (χ4v) is 3.20. The van der Waals surface area contributed by atoms with E-state index in [9.17, 15) is 4.79 Å². The number of ether oxygens (including phenoxy) is 1. The van der Waals surface area contributed by atoms with Crippen molar-refractivity contribution < 1.29 is 9.53 Å². The number of aromatic nitrogens is 2. The number of para-hydroxylation sites is 2. The second kappa shape index (κ2) is 6.78. The molecule has 2 fully saturated rings. The molecular formula is C19H24N4O2. The van der Waals surface area contributed by atoms with E-state index in [0.29, 0.717) is 5.92 Å². The summed E-state index contributed by atoms with van der Waals surface area (Å²) in [4.78, 5) is 14.7. The van der Waals surface area contributed by atoms with Crippen LogP contribution in [0.25, 0.3) is 0 Å². The zero-order chi connectivity index (χ0) is 17.2. The van der Waals surface area contributed by atoms with Gasteiger partial charge in [0.2, 0.25) is 5.91 Å². The number of amides is 1. The van der Waals surface area contributed by atoms with E-state index in [1.165, 1.54) is 12.8 Å². The maximum absolute atomic E-state index is 12.9. The highest BCUT2D eigenvalue weighted by molar-refractivity contribution is 5.99. The second-order valence-electron chi connectivity index (χ2n) is 6.95. The number of benzene rings is 1. The standard InChI is InChI=1S/C19H24N4O2/c1-22-12-15(11-20-22)23-10-4-6-17(19(23)24)21-16-5-2-3-7-18(16)25-13-14-8-9-14/h2-3,5,7,11-12,14,17,21H,4,6,8-10,13H2,1H3. The predicted octanol–water partition coefficient (Wildman–Crippen LogP) is 2.82. The van der Waals surface area contributed by atoms with E-state index in [0.717, 1.165) is 43.1 Å². The predicted molar refractivity (Wildman–Crippen MR) is 96.9 cm³/mol. The lowest BCUT2D eigenvalue weighted by molar-refractivity contribution is -0.120. The molecule has 0 radical (unpaired) electrons. The number of piperidine rings is 1. The molecule has 0 bridgehead atoms. The van der Waals surface area contributed by atoms with Gasteiger partial charge in [0.1, 0.15) is 11.8 Å². The first kappa shape index (κ1) is 16.0. The maximum Gasteiger partial charge on any atom is 0.249 e. The van der Waals surface area contributed by atoms with E-state index in [1.807, 2.05) is 42.4 Å². The van der Waals surface area contributed by atoms with Gasteiger partial charge in [-0.25, -0.2) is 0 Å². The fraction of sp³-hybridized carbons (Fsp3) is 0.474. The minimum atomic E-state index is -0.236. The van der Waals surface area contributed by atoms with Crippen LogP contribution >= 0.6 is 0 Å². The van der Waals surface area contributed by atoms with Crippen LogP contribution < -0.4 is 15.0 Å². The lowest BCUT2D eigenvalue weighted by Crippen LogP contribution is -2.47. The molecular weight excluding hydrogens is 316 g/mol. The average molecular weight is 340 g/mol. The zero-order valence-corrected chi connectivity index (χ0v) is 14.5. The number of hydrogen-bond acceptors (Lipinski definition) is 4. The van der Waals surface area contributed by atoms with Crippen molar-refractivity contribution in [2.45, 2.75) is 31.7 Å². The third-order valence-electron chi connectivity index (χ3n) is 4.83. The van der Waals surface area contributed by atoms with Crippen LogP contribution in [0.1, 0.15) is 25.7 Å². The molecule has 1 unspecified atom stereocenters. The molecule has 6 heteroatoms. The normalized spacial score (nSPS) is 20.6. The number of anilines is 2. The first-order chi connectivity index (χ1) is 12.2. The first-order valence-corrected chi connectivity index (χ1v) is 8.99. The van der Waals surface area contributed by atoms with E-state index < -0.39 is 0 Å². The molecule has 0 spiro atoms. The summed E-state index contributed by atoms with van der Waals surface area (Å²) in [5, 5.41) is 7.58. The van der Waals surface area contributed by atoms with Gasteiger partial charge in [0.25, 0.3) is 0 Å². The highest BCUT2D eigenvalue weighted by Crippen LogP contribution is 2.32. The van der Waals surface area contributed by atoms with E-state index in [1.54, 1.807) is 10.9 Å². The zero-order valence-electron chi connectivity index (χ0n) is 14.5. The van der Waals surface area contributed by atoms with Crippen LogP contribution in [-0.4, -0.2) is 34.9 Å². The van der Waals surface area contributed by atoms with Gasteiger partial charge in [-0.2, -0.15) is 5.10 Å². The van der Waals surface area contributed by atoms with Gasteiger partial charge in [0, 0.05) is 19.8 Å². The van der Waals surface area contributed by atoms with Crippen LogP contribution in [0.3, 0.4) is 0 Å². The Balaban J connectivity index is 1.47. The highest BCUT2D eigenvalue weighted by Gasteiger charge is 2.31. The summed E-state index contributed by atoms with van der Waals surface area (Å²) in [6, 6.07) is 7.66. The van der Waals surface area contributed by atoms with Crippen molar-refractivity contribution in [1.82, 2.24) is 9.78 Å². The van der Waals surface area contributed by atoms with Crippen molar-refractivity contribution in [2.24, 2.45) is 13.0 Å². The quantitative estimate of drug-likeness (QED) is 0.878. The summed E-state index contributed by atoms with van der Waals surface area (Å²) < 4.78 is 7.67. The van der Waals surface area contributed by atoms with Crippen molar-refractivity contribution in [2.75, 3.05) is 23.4 Å². The monoisotopic (exact) mass is 340 g/mol. The number of carbonyl (C=O) groups is 1. The summed E-state index contributed by atoms with van der Waals surface area (Å²) in [6.45, 7) is 1.50. The Morgan fingerprint density at radius 2 is 2.12 bits per heavy atom. The van der Waals surface area contributed by atoms with Crippen LogP contribution in [0.4, 0.5) is 11.4 Å². The Morgan fingerprint density at radius 3 is 2.88 bits per heavy atom. The number of carbonyl (C=O) groups excluding carboxylic acids is 1. The highest BCUT2D eigenvalue weighted by atomic mass is 16.5. The lowest BCUT2D eigenvalue weighted by Gasteiger charge is -2.32. The molecule has 4 rings (SSSR count). The van der Waals surface area contributed by atoms with E-state index in [4.69, 9.17) is 4.74 Å². The molecule has 2 aliphatic rings. The molecule has 2 heterocycles. The molecule has 2 aromatic rings. The summed E-state index contributed by atoms with van der Waals surface area (Å²) in [5.74, 6) is 1.63.